The highest BCUT2D eigenvalue weighted by molar-refractivity contribution is 6.30. The fourth-order valence-corrected chi connectivity index (χ4v) is 3.09. The van der Waals surface area contributed by atoms with Gasteiger partial charge in [-0.05, 0) is 42.2 Å². The van der Waals surface area contributed by atoms with Crippen molar-refractivity contribution in [3.05, 3.63) is 70.2 Å². The molecule has 1 aliphatic rings. The van der Waals surface area contributed by atoms with Gasteiger partial charge in [0.05, 0.1) is 5.92 Å². The zero-order valence-corrected chi connectivity index (χ0v) is 12.4. The van der Waals surface area contributed by atoms with Crippen molar-refractivity contribution in [2.24, 2.45) is 5.92 Å². The van der Waals surface area contributed by atoms with E-state index in [4.69, 9.17) is 11.6 Å². The molecule has 2 unspecified atom stereocenters. The van der Waals surface area contributed by atoms with E-state index in [1.165, 1.54) is 0 Å². The van der Waals surface area contributed by atoms with Crippen LogP contribution in [0, 0.1) is 5.92 Å². The van der Waals surface area contributed by atoms with Gasteiger partial charge in [0.25, 0.3) is 0 Å². The van der Waals surface area contributed by atoms with Crippen LogP contribution >= 0.6 is 11.6 Å². The first-order valence-corrected chi connectivity index (χ1v) is 7.38. The Bertz CT molecular complexity index is 703. The SMILES string of the molecule is CC1CC(C(=O)c2ccc(Cl)cc2)C(=O)c2ccccc21. The number of carbonyl (C=O) groups is 2. The van der Waals surface area contributed by atoms with E-state index in [0.29, 0.717) is 22.6 Å². The second-order valence-corrected chi connectivity index (χ2v) is 5.95. The van der Waals surface area contributed by atoms with Crippen LogP contribution < -0.4 is 0 Å². The number of hydrogen-bond acceptors (Lipinski definition) is 2. The van der Waals surface area contributed by atoms with Crippen molar-refractivity contribution in [1.82, 2.24) is 0 Å². The van der Waals surface area contributed by atoms with Crippen LogP contribution in [-0.2, 0) is 0 Å². The minimum Gasteiger partial charge on any atom is -0.293 e. The standard InChI is InChI=1S/C18H15ClO2/c1-11-10-16(17(20)12-6-8-13(19)9-7-12)18(21)15-5-3-2-4-14(11)15/h2-9,11,16H,10H2,1H3. The minimum absolute atomic E-state index is 0.0661. The van der Waals surface area contributed by atoms with E-state index in [0.717, 1.165) is 5.56 Å². The van der Waals surface area contributed by atoms with Crippen molar-refractivity contribution in [3.63, 3.8) is 0 Å². The molecule has 2 atom stereocenters. The molecule has 2 aromatic carbocycles. The van der Waals surface area contributed by atoms with Gasteiger partial charge in [-0.15, -0.1) is 0 Å². The number of benzene rings is 2. The summed E-state index contributed by atoms with van der Waals surface area (Å²) < 4.78 is 0. The Balaban J connectivity index is 1.95. The molecule has 0 amide bonds. The lowest BCUT2D eigenvalue weighted by Gasteiger charge is -2.27. The molecule has 0 saturated carbocycles. The molecule has 0 aromatic heterocycles. The normalized spacial score (nSPS) is 21.0. The number of halogens is 1. The van der Waals surface area contributed by atoms with E-state index >= 15 is 0 Å². The average molecular weight is 299 g/mol. The number of ketones is 2. The number of rotatable bonds is 2. The Hall–Kier alpha value is -1.93. The van der Waals surface area contributed by atoms with Gasteiger partial charge >= 0.3 is 0 Å². The molecular weight excluding hydrogens is 284 g/mol. The van der Waals surface area contributed by atoms with Crippen LogP contribution in [0.1, 0.15) is 45.5 Å². The van der Waals surface area contributed by atoms with Gasteiger partial charge in [-0.1, -0.05) is 42.8 Å². The molecule has 0 heterocycles. The van der Waals surface area contributed by atoms with Gasteiger partial charge in [0.2, 0.25) is 0 Å². The van der Waals surface area contributed by atoms with Crippen molar-refractivity contribution in [2.45, 2.75) is 19.3 Å². The van der Waals surface area contributed by atoms with Crippen molar-refractivity contribution in [1.29, 1.82) is 0 Å². The van der Waals surface area contributed by atoms with Crippen LogP contribution in [-0.4, -0.2) is 11.6 Å². The first-order valence-electron chi connectivity index (χ1n) is 7.01. The van der Waals surface area contributed by atoms with Gasteiger partial charge in [0.1, 0.15) is 0 Å². The summed E-state index contributed by atoms with van der Waals surface area (Å²) >= 11 is 5.84. The molecule has 2 nitrogen and oxygen atoms in total. The van der Waals surface area contributed by atoms with Crippen LogP contribution in [0.15, 0.2) is 48.5 Å². The van der Waals surface area contributed by atoms with E-state index in [1.54, 1.807) is 24.3 Å². The lowest BCUT2D eigenvalue weighted by atomic mass is 9.74. The fraction of sp³-hybridized carbons (Fsp3) is 0.222. The lowest BCUT2D eigenvalue weighted by Crippen LogP contribution is -2.31. The van der Waals surface area contributed by atoms with Crippen molar-refractivity contribution < 1.29 is 9.59 Å². The van der Waals surface area contributed by atoms with Crippen molar-refractivity contribution >= 4 is 23.2 Å². The first-order chi connectivity index (χ1) is 10.1. The predicted octanol–water partition coefficient (Wildman–Crippen LogP) is 4.53. The molecule has 3 heteroatoms. The molecule has 0 radical (unpaired) electrons. The van der Waals surface area contributed by atoms with Gasteiger partial charge in [-0.2, -0.15) is 0 Å². The van der Waals surface area contributed by atoms with E-state index < -0.39 is 5.92 Å². The summed E-state index contributed by atoms with van der Waals surface area (Å²) in [6.07, 6.45) is 0.567. The number of hydrogen-bond donors (Lipinski definition) is 0. The summed E-state index contributed by atoms with van der Waals surface area (Å²) in [5.74, 6) is -0.558. The molecule has 3 rings (SSSR count). The van der Waals surface area contributed by atoms with E-state index in [2.05, 4.69) is 6.92 Å². The molecule has 0 saturated heterocycles. The molecule has 0 N–H and O–H groups in total. The number of fused-ring (bicyclic) bond motifs is 1. The quantitative estimate of drug-likeness (QED) is 0.603. The lowest BCUT2D eigenvalue weighted by molar-refractivity contribution is 0.0782. The Labute approximate surface area is 128 Å². The molecule has 0 aliphatic heterocycles. The molecule has 21 heavy (non-hydrogen) atoms. The summed E-state index contributed by atoms with van der Waals surface area (Å²) in [6, 6.07) is 14.3. The second kappa shape index (κ2) is 5.45. The zero-order chi connectivity index (χ0) is 15.0. The van der Waals surface area contributed by atoms with Crippen LogP contribution in [0.2, 0.25) is 5.02 Å². The predicted molar refractivity (Wildman–Crippen MR) is 83.1 cm³/mol. The van der Waals surface area contributed by atoms with E-state index in [1.807, 2.05) is 24.3 Å². The molecule has 0 spiro atoms. The summed E-state index contributed by atoms with van der Waals surface area (Å²) in [5.41, 5.74) is 2.27. The minimum atomic E-state index is -0.587. The van der Waals surface area contributed by atoms with E-state index in [9.17, 15) is 9.59 Å². The van der Waals surface area contributed by atoms with Crippen LogP contribution in [0.5, 0.6) is 0 Å². The van der Waals surface area contributed by atoms with Crippen LogP contribution in [0.3, 0.4) is 0 Å². The molecule has 2 aromatic rings. The maximum absolute atomic E-state index is 12.6. The first kappa shape index (κ1) is 14.0. The van der Waals surface area contributed by atoms with Gasteiger partial charge in [0, 0.05) is 16.1 Å². The highest BCUT2D eigenvalue weighted by atomic mass is 35.5. The van der Waals surface area contributed by atoms with Gasteiger partial charge in [-0.25, -0.2) is 0 Å². The monoisotopic (exact) mass is 298 g/mol. The number of Topliss-reactive ketones (excluding diaryl/α,β-unsaturated/α-hetero) is 2. The third kappa shape index (κ3) is 2.52. The third-order valence-electron chi connectivity index (χ3n) is 4.11. The number of carbonyl (C=O) groups excluding carboxylic acids is 2. The fourth-order valence-electron chi connectivity index (χ4n) is 2.97. The summed E-state index contributed by atoms with van der Waals surface area (Å²) in [4.78, 5) is 25.2. The maximum atomic E-state index is 12.6. The average Bonchev–Trinajstić information content (AvgIpc) is 2.51. The van der Waals surface area contributed by atoms with Crippen molar-refractivity contribution in [2.75, 3.05) is 0 Å². The Morgan fingerprint density at radius 2 is 1.76 bits per heavy atom. The Kier molecular flexibility index (Phi) is 3.64. The topological polar surface area (TPSA) is 34.1 Å². The van der Waals surface area contributed by atoms with E-state index in [-0.39, 0.29) is 17.5 Å². The van der Waals surface area contributed by atoms with Gasteiger partial charge in [0.15, 0.2) is 11.6 Å². The van der Waals surface area contributed by atoms with Gasteiger partial charge in [-0.3, -0.25) is 9.59 Å². The second-order valence-electron chi connectivity index (χ2n) is 5.51. The maximum Gasteiger partial charge on any atom is 0.173 e. The zero-order valence-electron chi connectivity index (χ0n) is 11.7. The summed E-state index contributed by atoms with van der Waals surface area (Å²) in [6.45, 7) is 2.06. The molecule has 0 bridgehead atoms. The summed E-state index contributed by atoms with van der Waals surface area (Å²) in [5, 5.41) is 0.584. The van der Waals surface area contributed by atoms with Crippen LogP contribution in [0.25, 0.3) is 0 Å². The highest BCUT2D eigenvalue weighted by Gasteiger charge is 2.36. The molecule has 106 valence electrons. The highest BCUT2D eigenvalue weighted by Crippen LogP contribution is 2.35. The third-order valence-corrected chi connectivity index (χ3v) is 4.36. The smallest absolute Gasteiger partial charge is 0.173 e. The molecule has 1 aliphatic carbocycles. The Morgan fingerprint density at radius 1 is 1.10 bits per heavy atom. The Morgan fingerprint density at radius 3 is 2.48 bits per heavy atom. The van der Waals surface area contributed by atoms with Gasteiger partial charge < -0.3 is 0 Å². The molecule has 0 fully saturated rings. The summed E-state index contributed by atoms with van der Waals surface area (Å²) in [7, 11) is 0. The van der Waals surface area contributed by atoms with Crippen LogP contribution in [0.4, 0.5) is 0 Å². The van der Waals surface area contributed by atoms with Crippen molar-refractivity contribution in [3.8, 4) is 0 Å². The molecular formula is C18H15ClO2. The largest absolute Gasteiger partial charge is 0.293 e.